The first-order chi connectivity index (χ1) is 16.6. The maximum absolute atomic E-state index is 14.3. The summed E-state index contributed by atoms with van der Waals surface area (Å²) < 4.78 is 39.4. The Kier molecular flexibility index (Phi) is 9.06. The minimum Gasteiger partial charge on any atom is -0.381 e. The molecule has 1 heterocycles. The topological polar surface area (TPSA) is 72.9 Å². The number of methoxy groups -OCH3 is 1. The van der Waals surface area contributed by atoms with Crippen LogP contribution in [-0.4, -0.2) is 78.5 Å². The molecule has 202 valence electrons. The standard InChI is InChI=1S/C26H43Cl2NO5S/c1-17(2)25(30)29(20-5-4-6-20)24-22(28)15-18(16-23(24)33-3)26(11-13-34-14-12-26)35(31,32)21-9-7-19(27)8-10-21/h17-24H,4-16H2,1-3H3. The van der Waals surface area contributed by atoms with Gasteiger partial charge in [0.25, 0.3) is 0 Å². The van der Waals surface area contributed by atoms with Crippen LogP contribution in [0.1, 0.15) is 84.5 Å². The summed E-state index contributed by atoms with van der Waals surface area (Å²) in [4.78, 5) is 15.3. The van der Waals surface area contributed by atoms with Crippen LogP contribution in [0.2, 0.25) is 0 Å². The molecular formula is C26H43Cl2NO5S. The van der Waals surface area contributed by atoms with E-state index >= 15 is 0 Å². The van der Waals surface area contributed by atoms with E-state index in [0.29, 0.717) is 51.7 Å². The Morgan fingerprint density at radius 3 is 2.17 bits per heavy atom. The number of sulfone groups is 1. The first-order valence-electron chi connectivity index (χ1n) is 13.6. The summed E-state index contributed by atoms with van der Waals surface area (Å²) >= 11 is 13.5. The van der Waals surface area contributed by atoms with Gasteiger partial charge in [0.15, 0.2) is 9.84 Å². The molecular weight excluding hydrogens is 509 g/mol. The molecule has 4 fully saturated rings. The Morgan fingerprint density at radius 2 is 1.66 bits per heavy atom. The second kappa shape index (κ2) is 11.3. The predicted octanol–water partition coefficient (Wildman–Crippen LogP) is 4.94. The molecule has 1 saturated heterocycles. The van der Waals surface area contributed by atoms with E-state index in [-0.39, 0.29) is 51.9 Å². The van der Waals surface area contributed by atoms with Gasteiger partial charge in [-0.15, -0.1) is 23.2 Å². The minimum absolute atomic E-state index is 0.0728. The molecule has 9 heteroatoms. The summed E-state index contributed by atoms with van der Waals surface area (Å²) in [5.41, 5.74) is 0. The number of amides is 1. The number of halogens is 2. The Hall–Kier alpha value is -0.0800. The Balaban J connectivity index is 1.63. The molecule has 0 radical (unpaired) electrons. The van der Waals surface area contributed by atoms with Gasteiger partial charge < -0.3 is 14.4 Å². The van der Waals surface area contributed by atoms with E-state index in [1.54, 1.807) is 7.11 Å². The average molecular weight is 553 g/mol. The number of hydrogen-bond acceptors (Lipinski definition) is 5. The van der Waals surface area contributed by atoms with E-state index in [0.717, 1.165) is 32.1 Å². The lowest BCUT2D eigenvalue weighted by Crippen LogP contribution is -2.64. The monoisotopic (exact) mass is 551 g/mol. The first kappa shape index (κ1) is 27.9. The second-order valence-electron chi connectivity index (χ2n) is 11.5. The van der Waals surface area contributed by atoms with Crippen LogP contribution in [0.4, 0.5) is 0 Å². The van der Waals surface area contributed by atoms with Gasteiger partial charge in [0.1, 0.15) is 0 Å². The highest BCUT2D eigenvalue weighted by molar-refractivity contribution is 7.93. The van der Waals surface area contributed by atoms with Gasteiger partial charge in [0, 0.05) is 37.7 Å². The maximum Gasteiger partial charge on any atom is 0.225 e. The van der Waals surface area contributed by atoms with E-state index in [4.69, 9.17) is 32.7 Å². The number of nitrogens with zero attached hydrogens (tertiary/aromatic N) is 1. The normalized spacial score (nSPS) is 36.5. The van der Waals surface area contributed by atoms with Crippen LogP contribution in [0.15, 0.2) is 0 Å². The van der Waals surface area contributed by atoms with Crippen LogP contribution in [0, 0.1) is 11.8 Å². The smallest absolute Gasteiger partial charge is 0.225 e. The molecule has 35 heavy (non-hydrogen) atoms. The van der Waals surface area contributed by atoms with Crippen molar-refractivity contribution in [1.82, 2.24) is 4.90 Å². The molecule has 0 aromatic carbocycles. The van der Waals surface area contributed by atoms with Crippen LogP contribution >= 0.6 is 23.2 Å². The van der Waals surface area contributed by atoms with Crippen molar-refractivity contribution in [3.05, 3.63) is 0 Å². The molecule has 0 aromatic rings. The number of hydrogen-bond donors (Lipinski definition) is 0. The molecule has 4 rings (SSSR count). The van der Waals surface area contributed by atoms with Gasteiger partial charge in [0.05, 0.1) is 27.5 Å². The van der Waals surface area contributed by atoms with Crippen LogP contribution < -0.4 is 0 Å². The molecule has 1 aliphatic heterocycles. The van der Waals surface area contributed by atoms with Gasteiger partial charge in [-0.1, -0.05) is 13.8 Å². The third-order valence-corrected chi connectivity index (χ3v) is 13.4. The summed E-state index contributed by atoms with van der Waals surface area (Å²) in [5, 5.41) is -0.629. The molecule has 3 saturated carbocycles. The second-order valence-corrected chi connectivity index (χ2v) is 15.3. The highest BCUT2D eigenvalue weighted by Gasteiger charge is 2.58. The lowest BCUT2D eigenvalue weighted by atomic mass is 9.72. The van der Waals surface area contributed by atoms with E-state index in [1.165, 1.54) is 0 Å². The molecule has 4 atom stereocenters. The van der Waals surface area contributed by atoms with Crippen LogP contribution in [0.5, 0.6) is 0 Å². The summed E-state index contributed by atoms with van der Waals surface area (Å²) in [6, 6.07) is -0.0266. The van der Waals surface area contributed by atoms with Gasteiger partial charge in [-0.05, 0) is 76.5 Å². The van der Waals surface area contributed by atoms with Crippen molar-refractivity contribution in [2.75, 3.05) is 20.3 Å². The fourth-order valence-corrected chi connectivity index (χ4v) is 10.7. The molecule has 0 spiro atoms. The van der Waals surface area contributed by atoms with E-state index < -0.39 is 14.6 Å². The zero-order valence-corrected chi connectivity index (χ0v) is 23.8. The fraction of sp³-hybridized carbons (Fsp3) is 0.962. The summed E-state index contributed by atoms with van der Waals surface area (Å²) in [5.74, 6) is -0.114. The lowest BCUT2D eigenvalue weighted by molar-refractivity contribution is -0.149. The molecule has 3 aliphatic carbocycles. The quantitative estimate of drug-likeness (QED) is 0.419. The van der Waals surface area contributed by atoms with Crippen LogP contribution in [0.3, 0.4) is 0 Å². The highest BCUT2D eigenvalue weighted by Crippen LogP contribution is 2.50. The van der Waals surface area contributed by atoms with Crippen LogP contribution in [0.25, 0.3) is 0 Å². The summed E-state index contributed by atoms with van der Waals surface area (Å²) in [6.07, 6.45) is 7.77. The number of carbonyl (C=O) groups is 1. The van der Waals surface area contributed by atoms with Crippen molar-refractivity contribution >= 4 is 38.9 Å². The van der Waals surface area contributed by atoms with Crippen molar-refractivity contribution in [3.63, 3.8) is 0 Å². The van der Waals surface area contributed by atoms with Crippen molar-refractivity contribution < 1.29 is 22.7 Å². The maximum atomic E-state index is 14.3. The molecule has 4 aliphatic rings. The first-order valence-corrected chi connectivity index (χ1v) is 16.0. The largest absolute Gasteiger partial charge is 0.381 e. The van der Waals surface area contributed by atoms with Crippen molar-refractivity contribution in [2.24, 2.45) is 11.8 Å². The zero-order chi connectivity index (χ0) is 25.4. The fourth-order valence-electron chi connectivity index (χ4n) is 7.02. The molecule has 0 aromatic heterocycles. The SMILES string of the molecule is COC1CC(C2(S(=O)(=O)C3CCC(Cl)CC3)CCOCC2)CC(Cl)C1N(C(=O)C(C)C)C1CCC1. The Morgan fingerprint density at radius 1 is 1.03 bits per heavy atom. The van der Waals surface area contributed by atoms with Crippen molar-refractivity contribution in [1.29, 1.82) is 0 Å². The Labute approximate surface area is 221 Å². The van der Waals surface area contributed by atoms with Crippen molar-refractivity contribution in [2.45, 2.75) is 123 Å². The number of alkyl halides is 2. The van der Waals surface area contributed by atoms with E-state index in [2.05, 4.69) is 0 Å². The van der Waals surface area contributed by atoms with E-state index in [1.807, 2.05) is 18.7 Å². The number of ether oxygens (including phenoxy) is 2. The average Bonchev–Trinajstić information content (AvgIpc) is 2.81. The summed E-state index contributed by atoms with van der Waals surface area (Å²) in [7, 11) is -1.76. The predicted molar refractivity (Wildman–Crippen MR) is 140 cm³/mol. The molecule has 6 nitrogen and oxygen atoms in total. The highest BCUT2D eigenvalue weighted by atomic mass is 35.5. The minimum atomic E-state index is -3.44. The van der Waals surface area contributed by atoms with Crippen molar-refractivity contribution in [3.8, 4) is 0 Å². The van der Waals surface area contributed by atoms with Gasteiger partial charge in [-0.25, -0.2) is 8.42 Å². The Bertz CT molecular complexity index is 835. The van der Waals surface area contributed by atoms with Gasteiger partial charge in [-0.3, -0.25) is 4.79 Å². The zero-order valence-electron chi connectivity index (χ0n) is 21.5. The van der Waals surface area contributed by atoms with E-state index in [9.17, 15) is 13.2 Å². The summed E-state index contributed by atoms with van der Waals surface area (Å²) in [6.45, 7) is 4.77. The molecule has 1 amide bonds. The number of rotatable bonds is 7. The van der Waals surface area contributed by atoms with Gasteiger partial charge in [0.2, 0.25) is 5.91 Å². The third-order valence-electron chi connectivity index (χ3n) is 9.31. The van der Waals surface area contributed by atoms with Gasteiger partial charge >= 0.3 is 0 Å². The third kappa shape index (κ3) is 5.28. The molecule has 0 N–H and O–H groups in total. The van der Waals surface area contributed by atoms with Crippen LogP contribution in [-0.2, 0) is 24.1 Å². The molecule has 0 bridgehead atoms. The number of carbonyl (C=O) groups excluding carboxylic acids is 1. The van der Waals surface area contributed by atoms with Gasteiger partial charge in [-0.2, -0.15) is 0 Å². The molecule has 4 unspecified atom stereocenters. The lowest BCUT2D eigenvalue weighted by Gasteiger charge is -2.54.